The predicted octanol–water partition coefficient (Wildman–Crippen LogP) is 1.25. The van der Waals surface area contributed by atoms with Crippen LogP contribution < -0.4 is 0 Å². The summed E-state index contributed by atoms with van der Waals surface area (Å²) in [6.07, 6.45) is -4.62. The standard InChI is InChI=1S/C12H10BF3N2O2/c1-18(13)11(19)8-5-6-10(12(14,15)16)17-9(8)4-3-7-20-2/h5-6H,7H2,1-2H3. The van der Waals surface area contributed by atoms with Crippen LogP contribution in [0.3, 0.4) is 0 Å². The maximum atomic E-state index is 12.6. The average molecular weight is 282 g/mol. The molecule has 1 amide bonds. The molecule has 0 unspecified atom stereocenters. The van der Waals surface area contributed by atoms with Gasteiger partial charge in [-0.3, -0.25) is 4.79 Å². The van der Waals surface area contributed by atoms with Crippen LogP contribution in [-0.2, 0) is 10.9 Å². The lowest BCUT2D eigenvalue weighted by atomic mass is 10.1. The zero-order valence-electron chi connectivity index (χ0n) is 10.8. The minimum atomic E-state index is -4.62. The number of alkyl halides is 3. The number of hydrogen-bond donors (Lipinski definition) is 0. The number of nitrogens with zero attached hydrogens (tertiary/aromatic N) is 2. The second kappa shape index (κ2) is 6.43. The summed E-state index contributed by atoms with van der Waals surface area (Å²) in [6, 6.07) is 1.70. The minimum Gasteiger partial charge on any atom is -0.395 e. The molecule has 0 atom stereocenters. The van der Waals surface area contributed by atoms with Gasteiger partial charge in [0, 0.05) is 7.11 Å². The molecule has 2 radical (unpaired) electrons. The Labute approximate surface area is 115 Å². The lowest BCUT2D eigenvalue weighted by Gasteiger charge is -2.13. The molecule has 1 rings (SSSR count). The van der Waals surface area contributed by atoms with Crippen LogP contribution in [0.25, 0.3) is 0 Å². The van der Waals surface area contributed by atoms with Gasteiger partial charge in [0.15, 0.2) is 0 Å². The lowest BCUT2D eigenvalue weighted by Crippen LogP contribution is -2.25. The summed E-state index contributed by atoms with van der Waals surface area (Å²) in [5.41, 5.74) is -1.53. The predicted molar refractivity (Wildman–Crippen MR) is 65.8 cm³/mol. The first-order valence-corrected chi connectivity index (χ1v) is 5.36. The number of amides is 1. The molecule has 20 heavy (non-hydrogen) atoms. The molecule has 1 aromatic rings. The summed E-state index contributed by atoms with van der Waals surface area (Å²) >= 11 is 0. The Balaban J connectivity index is 3.32. The Bertz CT molecular complexity index is 562. The summed E-state index contributed by atoms with van der Waals surface area (Å²) < 4.78 is 42.4. The lowest BCUT2D eigenvalue weighted by molar-refractivity contribution is -0.141. The number of pyridine rings is 1. The van der Waals surface area contributed by atoms with E-state index in [2.05, 4.69) is 21.6 Å². The zero-order chi connectivity index (χ0) is 15.3. The molecule has 0 aliphatic carbocycles. The van der Waals surface area contributed by atoms with Crippen LogP contribution in [0.4, 0.5) is 13.2 Å². The van der Waals surface area contributed by atoms with Gasteiger partial charge in [0.05, 0.1) is 5.56 Å². The topological polar surface area (TPSA) is 42.4 Å². The van der Waals surface area contributed by atoms with E-state index in [1.165, 1.54) is 14.2 Å². The Hall–Kier alpha value is -2.01. The van der Waals surface area contributed by atoms with Crippen molar-refractivity contribution in [2.24, 2.45) is 0 Å². The number of rotatable bonds is 2. The van der Waals surface area contributed by atoms with Crippen molar-refractivity contribution in [2.45, 2.75) is 6.18 Å². The highest BCUT2D eigenvalue weighted by atomic mass is 19.4. The summed E-state index contributed by atoms with van der Waals surface area (Å²) in [5.74, 6) is 4.14. The number of carbonyl (C=O) groups is 1. The van der Waals surface area contributed by atoms with E-state index in [0.29, 0.717) is 6.07 Å². The highest BCUT2D eigenvalue weighted by molar-refractivity contribution is 6.18. The van der Waals surface area contributed by atoms with Gasteiger partial charge in [-0.05, 0) is 25.1 Å². The van der Waals surface area contributed by atoms with Crippen LogP contribution in [0.15, 0.2) is 12.1 Å². The number of halogens is 3. The maximum absolute atomic E-state index is 12.6. The third kappa shape index (κ3) is 4.00. The highest BCUT2D eigenvalue weighted by Gasteiger charge is 2.33. The maximum Gasteiger partial charge on any atom is 0.433 e. The molecule has 104 valence electrons. The first-order chi connectivity index (χ1) is 9.27. The monoisotopic (exact) mass is 282 g/mol. The second-order valence-corrected chi connectivity index (χ2v) is 3.74. The summed E-state index contributed by atoms with van der Waals surface area (Å²) in [4.78, 5) is 15.8. The van der Waals surface area contributed by atoms with E-state index in [-0.39, 0.29) is 17.9 Å². The molecular formula is C12H10BF3N2O2. The van der Waals surface area contributed by atoms with E-state index in [0.717, 1.165) is 10.9 Å². The van der Waals surface area contributed by atoms with E-state index in [1.807, 2.05) is 0 Å². The Morgan fingerprint density at radius 3 is 2.65 bits per heavy atom. The SMILES string of the molecule is [B]N(C)C(=O)c1ccc(C(F)(F)F)nc1C#CCOC. The molecule has 0 saturated heterocycles. The minimum absolute atomic E-state index is 0.00399. The van der Waals surface area contributed by atoms with E-state index >= 15 is 0 Å². The Morgan fingerprint density at radius 2 is 2.15 bits per heavy atom. The van der Waals surface area contributed by atoms with Gasteiger partial charge in [-0.25, -0.2) is 4.98 Å². The second-order valence-electron chi connectivity index (χ2n) is 3.74. The first kappa shape index (κ1) is 16.1. The van der Waals surface area contributed by atoms with E-state index in [4.69, 9.17) is 7.98 Å². The number of ether oxygens (including phenoxy) is 1. The fourth-order valence-electron chi connectivity index (χ4n) is 1.27. The molecule has 0 aromatic carbocycles. The Kier molecular flexibility index (Phi) is 5.16. The molecule has 0 aliphatic rings. The molecule has 1 aromatic heterocycles. The van der Waals surface area contributed by atoms with Crippen molar-refractivity contribution in [1.82, 2.24) is 9.79 Å². The van der Waals surface area contributed by atoms with Crippen molar-refractivity contribution in [3.63, 3.8) is 0 Å². The van der Waals surface area contributed by atoms with Gasteiger partial charge in [-0.1, -0.05) is 5.92 Å². The Morgan fingerprint density at radius 1 is 1.50 bits per heavy atom. The van der Waals surface area contributed by atoms with Gasteiger partial charge in [0.25, 0.3) is 0 Å². The molecule has 8 heteroatoms. The molecule has 0 spiro atoms. The van der Waals surface area contributed by atoms with Crippen LogP contribution in [-0.4, -0.2) is 44.4 Å². The van der Waals surface area contributed by atoms with Gasteiger partial charge in [-0.2, -0.15) is 13.2 Å². The van der Waals surface area contributed by atoms with Crippen molar-refractivity contribution >= 4 is 13.9 Å². The van der Waals surface area contributed by atoms with Crippen molar-refractivity contribution in [3.8, 4) is 11.8 Å². The number of carbonyl (C=O) groups excluding carboxylic acids is 1. The third-order valence-electron chi connectivity index (χ3n) is 2.16. The van der Waals surface area contributed by atoms with E-state index in [9.17, 15) is 18.0 Å². The zero-order valence-corrected chi connectivity index (χ0v) is 10.8. The molecule has 0 aliphatic heterocycles. The largest absolute Gasteiger partial charge is 0.433 e. The normalized spacial score (nSPS) is 10.7. The third-order valence-corrected chi connectivity index (χ3v) is 2.16. The van der Waals surface area contributed by atoms with Gasteiger partial charge in [0.1, 0.15) is 18.0 Å². The molecule has 1 heterocycles. The quantitative estimate of drug-likeness (QED) is 0.605. The van der Waals surface area contributed by atoms with Crippen molar-refractivity contribution in [1.29, 1.82) is 0 Å². The molecule has 4 nitrogen and oxygen atoms in total. The molecule has 0 N–H and O–H groups in total. The van der Waals surface area contributed by atoms with Crippen LogP contribution in [0.5, 0.6) is 0 Å². The summed E-state index contributed by atoms with van der Waals surface area (Å²) in [5, 5.41) is 0. The summed E-state index contributed by atoms with van der Waals surface area (Å²) in [7, 11) is 7.93. The van der Waals surface area contributed by atoms with Crippen molar-refractivity contribution < 1.29 is 22.7 Å². The molecular weight excluding hydrogens is 272 g/mol. The average Bonchev–Trinajstić information content (AvgIpc) is 2.37. The van der Waals surface area contributed by atoms with Crippen molar-refractivity contribution in [2.75, 3.05) is 20.8 Å². The molecule has 0 saturated carbocycles. The van der Waals surface area contributed by atoms with Crippen LogP contribution in [0, 0.1) is 11.8 Å². The summed E-state index contributed by atoms with van der Waals surface area (Å²) in [6.45, 7) is 0.00399. The molecule has 0 bridgehead atoms. The first-order valence-electron chi connectivity index (χ1n) is 5.36. The number of hydrogen-bond acceptors (Lipinski definition) is 3. The van der Waals surface area contributed by atoms with Gasteiger partial charge >= 0.3 is 6.18 Å². The fourth-order valence-corrected chi connectivity index (χ4v) is 1.27. The van der Waals surface area contributed by atoms with Crippen LogP contribution in [0.1, 0.15) is 21.7 Å². The van der Waals surface area contributed by atoms with Crippen molar-refractivity contribution in [3.05, 3.63) is 29.1 Å². The fraction of sp³-hybridized carbons (Fsp3) is 0.333. The van der Waals surface area contributed by atoms with E-state index < -0.39 is 17.8 Å². The smallest absolute Gasteiger partial charge is 0.395 e. The van der Waals surface area contributed by atoms with E-state index in [1.54, 1.807) is 0 Å². The van der Waals surface area contributed by atoms with Crippen LogP contribution in [0.2, 0.25) is 0 Å². The highest BCUT2D eigenvalue weighted by Crippen LogP contribution is 2.28. The van der Waals surface area contributed by atoms with Gasteiger partial charge in [-0.15, -0.1) is 0 Å². The van der Waals surface area contributed by atoms with Gasteiger partial charge < -0.3 is 9.55 Å². The molecule has 0 fully saturated rings. The van der Waals surface area contributed by atoms with Gasteiger partial charge in [0.2, 0.25) is 13.9 Å². The number of aromatic nitrogens is 1. The number of methoxy groups -OCH3 is 1. The van der Waals surface area contributed by atoms with Crippen LogP contribution >= 0.6 is 0 Å².